The van der Waals surface area contributed by atoms with E-state index in [9.17, 15) is 8.42 Å². The van der Waals surface area contributed by atoms with Crippen LogP contribution in [0.25, 0.3) is 0 Å². The van der Waals surface area contributed by atoms with Gasteiger partial charge in [0.2, 0.25) is 10.0 Å². The number of piperidine rings is 1. The molecule has 1 heterocycles. The van der Waals surface area contributed by atoms with Gasteiger partial charge in [-0.25, -0.2) is 12.7 Å². The molecule has 0 radical (unpaired) electrons. The highest BCUT2D eigenvalue weighted by Crippen LogP contribution is 2.22. The molecule has 0 amide bonds. The highest BCUT2D eigenvalue weighted by molar-refractivity contribution is 14.0. The molecule has 0 saturated carbocycles. The molecule has 2 rings (SSSR count). The predicted octanol–water partition coefficient (Wildman–Crippen LogP) is 3.47. The SMILES string of the molecule is CCCS(=O)(=O)N1CCC(NC(=NC)NCc2ccc(C(C)(C)C)cc2)CC1.I. The summed E-state index contributed by atoms with van der Waals surface area (Å²) in [5, 5.41) is 6.79. The number of guanidine groups is 1. The Morgan fingerprint density at radius 2 is 1.76 bits per heavy atom. The van der Waals surface area contributed by atoms with Gasteiger partial charge in [-0.1, -0.05) is 52.0 Å². The Balaban J connectivity index is 0.00000420. The lowest BCUT2D eigenvalue weighted by molar-refractivity contribution is 0.306. The van der Waals surface area contributed by atoms with E-state index in [1.54, 1.807) is 11.4 Å². The van der Waals surface area contributed by atoms with Gasteiger partial charge in [-0.15, -0.1) is 24.0 Å². The number of aliphatic imine (C=N–C) groups is 1. The number of nitrogens with zero attached hydrogens (tertiary/aromatic N) is 2. The second kappa shape index (κ2) is 11.5. The van der Waals surface area contributed by atoms with Gasteiger partial charge >= 0.3 is 0 Å². The van der Waals surface area contributed by atoms with Crippen LogP contribution in [-0.4, -0.2) is 50.6 Å². The van der Waals surface area contributed by atoms with E-state index in [4.69, 9.17) is 0 Å². The first-order valence-corrected chi connectivity index (χ1v) is 11.8. The summed E-state index contributed by atoms with van der Waals surface area (Å²) in [5.41, 5.74) is 2.68. The maximum Gasteiger partial charge on any atom is 0.214 e. The van der Waals surface area contributed by atoms with Crippen LogP contribution in [0.5, 0.6) is 0 Å². The quantitative estimate of drug-likeness (QED) is 0.332. The minimum atomic E-state index is -3.09. The highest BCUT2D eigenvalue weighted by atomic mass is 127. The van der Waals surface area contributed by atoms with Crippen LogP contribution in [0.15, 0.2) is 29.3 Å². The predicted molar refractivity (Wildman–Crippen MR) is 133 cm³/mol. The Morgan fingerprint density at radius 3 is 2.24 bits per heavy atom. The molecule has 0 aromatic heterocycles. The van der Waals surface area contributed by atoms with Crippen LogP contribution in [0, 0.1) is 0 Å². The zero-order valence-electron chi connectivity index (χ0n) is 18.4. The Labute approximate surface area is 194 Å². The Bertz CT molecular complexity index is 750. The van der Waals surface area contributed by atoms with E-state index in [1.165, 1.54) is 11.1 Å². The van der Waals surface area contributed by atoms with Crippen LogP contribution in [0.2, 0.25) is 0 Å². The molecule has 2 N–H and O–H groups in total. The lowest BCUT2D eigenvalue weighted by atomic mass is 9.87. The van der Waals surface area contributed by atoms with Crippen molar-refractivity contribution in [2.24, 2.45) is 4.99 Å². The average Bonchev–Trinajstić information content (AvgIpc) is 2.65. The van der Waals surface area contributed by atoms with Crippen molar-refractivity contribution in [3.8, 4) is 0 Å². The van der Waals surface area contributed by atoms with Gasteiger partial charge in [0.05, 0.1) is 5.75 Å². The topological polar surface area (TPSA) is 73.8 Å². The number of nitrogens with one attached hydrogen (secondary N) is 2. The molecule has 29 heavy (non-hydrogen) atoms. The first-order chi connectivity index (χ1) is 13.2. The largest absolute Gasteiger partial charge is 0.354 e. The summed E-state index contributed by atoms with van der Waals surface area (Å²) in [4.78, 5) is 4.31. The van der Waals surface area contributed by atoms with Crippen molar-refractivity contribution in [2.45, 2.75) is 65.0 Å². The minimum absolute atomic E-state index is 0. The molecular formula is C21H37IN4O2S. The van der Waals surface area contributed by atoms with Crippen LogP contribution >= 0.6 is 24.0 Å². The monoisotopic (exact) mass is 536 g/mol. The maximum atomic E-state index is 12.2. The van der Waals surface area contributed by atoms with Crippen LogP contribution in [-0.2, 0) is 22.0 Å². The number of hydrogen-bond acceptors (Lipinski definition) is 3. The average molecular weight is 537 g/mol. The van der Waals surface area contributed by atoms with Crippen molar-refractivity contribution < 1.29 is 8.42 Å². The lowest BCUT2D eigenvalue weighted by Gasteiger charge is -2.32. The highest BCUT2D eigenvalue weighted by Gasteiger charge is 2.27. The van der Waals surface area contributed by atoms with Crippen molar-refractivity contribution in [3.63, 3.8) is 0 Å². The van der Waals surface area contributed by atoms with Crippen LogP contribution < -0.4 is 10.6 Å². The first kappa shape index (κ1) is 26.2. The molecule has 0 bridgehead atoms. The molecule has 6 nitrogen and oxygen atoms in total. The van der Waals surface area contributed by atoms with Crippen molar-refractivity contribution in [1.82, 2.24) is 14.9 Å². The molecule has 1 aromatic carbocycles. The Morgan fingerprint density at radius 1 is 1.17 bits per heavy atom. The third kappa shape index (κ3) is 8.05. The maximum absolute atomic E-state index is 12.2. The van der Waals surface area contributed by atoms with Gasteiger partial charge < -0.3 is 10.6 Å². The van der Waals surface area contributed by atoms with Gasteiger partial charge in [-0.05, 0) is 35.8 Å². The summed E-state index contributed by atoms with van der Waals surface area (Å²) in [6.07, 6.45) is 2.25. The normalized spacial score (nSPS) is 16.9. The number of halogens is 1. The molecule has 1 fully saturated rings. The lowest BCUT2D eigenvalue weighted by Crippen LogP contribution is -2.49. The summed E-state index contributed by atoms with van der Waals surface area (Å²) in [6, 6.07) is 8.90. The Hall–Kier alpha value is -0.870. The summed E-state index contributed by atoms with van der Waals surface area (Å²) in [7, 11) is -1.33. The van der Waals surface area contributed by atoms with Crippen molar-refractivity contribution in [3.05, 3.63) is 35.4 Å². The molecule has 0 aliphatic carbocycles. The number of sulfonamides is 1. The summed E-state index contributed by atoms with van der Waals surface area (Å²) in [6.45, 7) is 10.4. The van der Waals surface area contributed by atoms with E-state index < -0.39 is 10.0 Å². The second-order valence-electron chi connectivity index (χ2n) is 8.51. The van der Waals surface area contributed by atoms with E-state index >= 15 is 0 Å². The van der Waals surface area contributed by atoms with Gasteiger partial charge in [-0.3, -0.25) is 4.99 Å². The summed E-state index contributed by atoms with van der Waals surface area (Å²) >= 11 is 0. The minimum Gasteiger partial charge on any atom is -0.354 e. The second-order valence-corrected chi connectivity index (χ2v) is 10.6. The Kier molecular flexibility index (Phi) is 10.4. The van der Waals surface area contributed by atoms with Gasteiger partial charge in [-0.2, -0.15) is 0 Å². The van der Waals surface area contributed by atoms with Gasteiger partial charge in [0.15, 0.2) is 5.96 Å². The van der Waals surface area contributed by atoms with Gasteiger partial charge in [0, 0.05) is 32.7 Å². The molecule has 1 aliphatic rings. The number of hydrogen-bond donors (Lipinski definition) is 2. The summed E-state index contributed by atoms with van der Waals surface area (Å²) in [5.74, 6) is 0.997. The molecule has 1 aromatic rings. The number of rotatable bonds is 6. The molecular weight excluding hydrogens is 499 g/mol. The van der Waals surface area contributed by atoms with Crippen LogP contribution in [0.4, 0.5) is 0 Å². The van der Waals surface area contributed by atoms with E-state index in [0.717, 1.165) is 18.8 Å². The first-order valence-electron chi connectivity index (χ1n) is 10.2. The van der Waals surface area contributed by atoms with E-state index in [0.29, 0.717) is 26.1 Å². The van der Waals surface area contributed by atoms with Crippen molar-refractivity contribution >= 4 is 40.0 Å². The zero-order valence-corrected chi connectivity index (χ0v) is 21.5. The number of benzene rings is 1. The van der Waals surface area contributed by atoms with Crippen LogP contribution in [0.1, 0.15) is 58.1 Å². The van der Waals surface area contributed by atoms with Gasteiger partial charge in [0.25, 0.3) is 0 Å². The zero-order chi connectivity index (χ0) is 20.8. The molecule has 0 unspecified atom stereocenters. The van der Waals surface area contributed by atoms with E-state index in [2.05, 4.69) is 60.7 Å². The molecule has 166 valence electrons. The van der Waals surface area contributed by atoms with Crippen LogP contribution in [0.3, 0.4) is 0 Å². The van der Waals surface area contributed by atoms with E-state index in [1.807, 2.05) is 6.92 Å². The fourth-order valence-electron chi connectivity index (χ4n) is 3.36. The smallest absolute Gasteiger partial charge is 0.214 e. The third-order valence-electron chi connectivity index (χ3n) is 5.15. The van der Waals surface area contributed by atoms with E-state index in [-0.39, 0.29) is 41.2 Å². The van der Waals surface area contributed by atoms with Crippen molar-refractivity contribution in [1.29, 1.82) is 0 Å². The molecule has 8 heteroatoms. The van der Waals surface area contributed by atoms with Crippen molar-refractivity contribution in [2.75, 3.05) is 25.9 Å². The molecule has 1 aliphatic heterocycles. The fourth-order valence-corrected chi connectivity index (χ4v) is 4.90. The molecule has 0 spiro atoms. The van der Waals surface area contributed by atoms with Gasteiger partial charge in [0.1, 0.15) is 0 Å². The molecule has 0 atom stereocenters. The standard InChI is InChI=1S/C21H36N4O2S.HI/c1-6-15-28(26,27)25-13-11-19(12-14-25)24-20(22-5)23-16-17-7-9-18(10-8-17)21(2,3)4;/h7-10,19H,6,11-16H2,1-5H3,(H2,22,23,24);1H. The third-order valence-corrected chi connectivity index (χ3v) is 7.23. The fraction of sp³-hybridized carbons (Fsp3) is 0.667. The summed E-state index contributed by atoms with van der Waals surface area (Å²) < 4.78 is 26.0. The molecule has 1 saturated heterocycles.